The van der Waals surface area contributed by atoms with Crippen LogP contribution in [0.1, 0.15) is 37.1 Å². The molecule has 0 saturated heterocycles. The fourth-order valence-electron chi connectivity index (χ4n) is 2.09. The minimum atomic E-state index is -0.202. The van der Waals surface area contributed by atoms with Crippen LogP contribution in [0.25, 0.3) is 0 Å². The molecule has 0 bridgehead atoms. The topological polar surface area (TPSA) is 58.3 Å². The molecule has 1 fully saturated rings. The van der Waals surface area contributed by atoms with Crippen molar-refractivity contribution in [3.8, 4) is 0 Å². The third-order valence-electron chi connectivity index (χ3n) is 2.95. The molecule has 2 N–H and O–H groups in total. The molecule has 15 heavy (non-hydrogen) atoms. The second-order valence-corrected chi connectivity index (χ2v) is 4.27. The molecule has 0 radical (unpaired) electrons. The van der Waals surface area contributed by atoms with Crippen LogP contribution in [0.2, 0.25) is 0 Å². The fourth-order valence-corrected chi connectivity index (χ4v) is 2.09. The molecule has 2 rings (SSSR count). The highest BCUT2D eigenvalue weighted by Crippen LogP contribution is 2.18. The van der Waals surface area contributed by atoms with E-state index in [0.717, 1.165) is 30.7 Å². The first kappa shape index (κ1) is 10.6. The summed E-state index contributed by atoms with van der Waals surface area (Å²) in [6.45, 7) is 2.56. The summed E-state index contributed by atoms with van der Waals surface area (Å²) in [6, 6.07) is 2.14. The van der Waals surface area contributed by atoms with E-state index in [2.05, 4.69) is 10.5 Å². The molecular weight excluding hydrogens is 192 g/mol. The maximum absolute atomic E-state index is 9.75. The third-order valence-corrected chi connectivity index (χ3v) is 2.95. The summed E-state index contributed by atoms with van der Waals surface area (Å²) in [4.78, 5) is 0. The Bertz CT molecular complexity index is 311. The smallest absolute Gasteiger partial charge is 0.133 e. The van der Waals surface area contributed by atoms with Gasteiger partial charge in [0.2, 0.25) is 0 Å². The maximum atomic E-state index is 9.75. The lowest BCUT2D eigenvalue weighted by Gasteiger charge is -2.28. The summed E-state index contributed by atoms with van der Waals surface area (Å²) in [6.07, 6.45) is 4.11. The number of hydrogen-bond acceptors (Lipinski definition) is 4. The van der Waals surface area contributed by atoms with E-state index in [-0.39, 0.29) is 12.1 Å². The van der Waals surface area contributed by atoms with Crippen molar-refractivity contribution in [2.45, 2.75) is 51.3 Å². The van der Waals surface area contributed by atoms with Gasteiger partial charge in [0.25, 0.3) is 0 Å². The van der Waals surface area contributed by atoms with E-state index in [0.29, 0.717) is 6.54 Å². The van der Waals surface area contributed by atoms with Gasteiger partial charge in [0.1, 0.15) is 5.76 Å². The van der Waals surface area contributed by atoms with Crippen LogP contribution in [0.15, 0.2) is 10.6 Å². The second kappa shape index (κ2) is 4.77. The van der Waals surface area contributed by atoms with E-state index in [4.69, 9.17) is 4.52 Å². The highest BCUT2D eigenvalue weighted by molar-refractivity contribution is 5.03. The molecule has 1 aliphatic carbocycles. The molecule has 0 spiro atoms. The third kappa shape index (κ3) is 2.79. The highest BCUT2D eigenvalue weighted by Gasteiger charge is 2.22. The number of rotatable bonds is 3. The van der Waals surface area contributed by atoms with Crippen LogP contribution >= 0.6 is 0 Å². The molecule has 0 aliphatic heterocycles. The molecule has 84 valence electrons. The zero-order valence-electron chi connectivity index (χ0n) is 9.07. The summed E-state index contributed by atoms with van der Waals surface area (Å²) >= 11 is 0. The van der Waals surface area contributed by atoms with Crippen molar-refractivity contribution in [3.63, 3.8) is 0 Å². The summed E-state index contributed by atoms with van der Waals surface area (Å²) in [5, 5.41) is 17.0. The van der Waals surface area contributed by atoms with Gasteiger partial charge < -0.3 is 14.9 Å². The van der Waals surface area contributed by atoms with Gasteiger partial charge in [0, 0.05) is 18.7 Å². The Morgan fingerprint density at radius 1 is 1.53 bits per heavy atom. The monoisotopic (exact) mass is 210 g/mol. The number of aryl methyl sites for hydroxylation is 1. The molecule has 0 unspecified atom stereocenters. The van der Waals surface area contributed by atoms with Crippen LogP contribution in [0.3, 0.4) is 0 Å². The first-order valence-electron chi connectivity index (χ1n) is 5.59. The number of hydrogen-bond donors (Lipinski definition) is 2. The summed E-state index contributed by atoms with van der Waals surface area (Å²) in [5.74, 6) is 0.830. The first-order valence-corrected chi connectivity index (χ1v) is 5.59. The Balaban J connectivity index is 1.81. The van der Waals surface area contributed by atoms with Gasteiger partial charge in [0.05, 0.1) is 11.8 Å². The lowest BCUT2D eigenvalue weighted by atomic mass is 9.92. The van der Waals surface area contributed by atoms with Crippen molar-refractivity contribution in [2.75, 3.05) is 0 Å². The van der Waals surface area contributed by atoms with E-state index in [9.17, 15) is 5.11 Å². The summed E-state index contributed by atoms with van der Waals surface area (Å²) < 4.78 is 4.98. The second-order valence-electron chi connectivity index (χ2n) is 4.27. The summed E-state index contributed by atoms with van der Waals surface area (Å²) in [7, 11) is 0. The van der Waals surface area contributed by atoms with Crippen LogP contribution in [0.5, 0.6) is 0 Å². The number of aliphatic hydroxyl groups excluding tert-OH is 1. The van der Waals surface area contributed by atoms with E-state index in [1.165, 1.54) is 6.42 Å². The first-order chi connectivity index (χ1) is 7.25. The lowest BCUT2D eigenvalue weighted by Crippen LogP contribution is -2.41. The van der Waals surface area contributed by atoms with Crippen molar-refractivity contribution in [3.05, 3.63) is 17.5 Å². The van der Waals surface area contributed by atoms with Crippen molar-refractivity contribution in [1.82, 2.24) is 10.5 Å². The van der Waals surface area contributed by atoms with Crippen molar-refractivity contribution < 1.29 is 9.63 Å². The lowest BCUT2D eigenvalue weighted by molar-refractivity contribution is 0.0899. The van der Waals surface area contributed by atoms with Gasteiger partial charge in [0.15, 0.2) is 0 Å². The zero-order chi connectivity index (χ0) is 10.7. The van der Waals surface area contributed by atoms with Crippen LogP contribution in [0.4, 0.5) is 0 Å². The van der Waals surface area contributed by atoms with Crippen LogP contribution in [-0.2, 0) is 6.54 Å². The number of aromatic nitrogens is 1. The highest BCUT2D eigenvalue weighted by atomic mass is 16.5. The Labute approximate surface area is 89.7 Å². The van der Waals surface area contributed by atoms with E-state index < -0.39 is 0 Å². The predicted molar refractivity (Wildman–Crippen MR) is 56.3 cm³/mol. The van der Waals surface area contributed by atoms with Crippen LogP contribution in [0, 0.1) is 6.92 Å². The van der Waals surface area contributed by atoms with Gasteiger partial charge >= 0.3 is 0 Å². The molecule has 1 saturated carbocycles. The van der Waals surface area contributed by atoms with Gasteiger partial charge in [-0.15, -0.1) is 0 Å². The maximum Gasteiger partial charge on any atom is 0.133 e. The van der Waals surface area contributed by atoms with Crippen molar-refractivity contribution >= 4 is 0 Å². The predicted octanol–water partition coefficient (Wildman–Crippen LogP) is 1.38. The molecule has 1 aromatic rings. The van der Waals surface area contributed by atoms with Crippen molar-refractivity contribution in [1.29, 1.82) is 0 Å². The normalized spacial score (nSPS) is 26.8. The zero-order valence-corrected chi connectivity index (χ0v) is 9.07. The molecular formula is C11H18N2O2. The molecule has 4 nitrogen and oxygen atoms in total. The van der Waals surface area contributed by atoms with Gasteiger partial charge in [-0.1, -0.05) is 18.0 Å². The van der Waals surface area contributed by atoms with E-state index in [1.54, 1.807) is 0 Å². The Hall–Kier alpha value is -0.870. The molecule has 1 aromatic heterocycles. The Kier molecular flexibility index (Phi) is 3.38. The van der Waals surface area contributed by atoms with Gasteiger partial charge in [-0.05, 0) is 19.8 Å². The van der Waals surface area contributed by atoms with Gasteiger partial charge in [-0.2, -0.15) is 0 Å². The van der Waals surface area contributed by atoms with Gasteiger partial charge in [-0.3, -0.25) is 0 Å². The molecule has 4 heteroatoms. The van der Waals surface area contributed by atoms with Gasteiger partial charge in [-0.25, -0.2) is 0 Å². The Morgan fingerprint density at radius 2 is 2.33 bits per heavy atom. The number of nitrogens with zero attached hydrogens (tertiary/aromatic N) is 1. The Morgan fingerprint density at radius 3 is 3.00 bits per heavy atom. The van der Waals surface area contributed by atoms with E-state index in [1.807, 2.05) is 13.0 Å². The minimum Gasteiger partial charge on any atom is -0.392 e. The quantitative estimate of drug-likeness (QED) is 0.791. The molecule has 0 amide bonds. The fraction of sp³-hybridized carbons (Fsp3) is 0.727. The van der Waals surface area contributed by atoms with Crippen LogP contribution < -0.4 is 5.32 Å². The van der Waals surface area contributed by atoms with Crippen LogP contribution in [-0.4, -0.2) is 22.4 Å². The standard InChI is InChI=1S/C11H18N2O2/c1-8-6-9(13-15-8)7-12-10-4-2-3-5-11(10)14/h6,10-12,14H,2-5,7H2,1H3/t10-,11-/m0/s1. The largest absolute Gasteiger partial charge is 0.392 e. The average Bonchev–Trinajstić information content (AvgIpc) is 2.63. The molecule has 0 aromatic carbocycles. The minimum absolute atomic E-state index is 0.202. The van der Waals surface area contributed by atoms with Crippen molar-refractivity contribution in [2.24, 2.45) is 0 Å². The van der Waals surface area contributed by atoms with E-state index >= 15 is 0 Å². The number of aliphatic hydroxyl groups is 1. The molecule has 1 aliphatic rings. The molecule has 1 heterocycles. The average molecular weight is 210 g/mol. The molecule has 2 atom stereocenters. The number of nitrogens with one attached hydrogen (secondary N) is 1. The summed E-state index contributed by atoms with van der Waals surface area (Å²) in [5.41, 5.74) is 0.908. The SMILES string of the molecule is Cc1cc(CN[C@H]2CCCC[C@@H]2O)no1.